The van der Waals surface area contributed by atoms with Crippen LogP contribution < -0.4 is 10.1 Å². The number of hydrogen-bond acceptors (Lipinski definition) is 4. The fraction of sp³-hybridized carbons (Fsp3) is 0.400. The number of piperazine rings is 1. The van der Waals surface area contributed by atoms with E-state index in [1.54, 1.807) is 6.20 Å². The van der Waals surface area contributed by atoms with E-state index in [9.17, 15) is 4.79 Å². The van der Waals surface area contributed by atoms with E-state index >= 15 is 0 Å². The third-order valence-electron chi connectivity index (χ3n) is 4.40. The van der Waals surface area contributed by atoms with E-state index in [0.29, 0.717) is 13.2 Å². The zero-order chi connectivity index (χ0) is 18.0. The molecule has 0 atom stereocenters. The zero-order valence-electron chi connectivity index (χ0n) is 15.0. The van der Waals surface area contributed by atoms with Gasteiger partial charge in [-0.1, -0.05) is 24.3 Å². The molecular formula is C20H26N4O2. The van der Waals surface area contributed by atoms with Crippen LogP contribution in [0.1, 0.15) is 12.0 Å². The summed E-state index contributed by atoms with van der Waals surface area (Å²) < 4.78 is 5.63. The van der Waals surface area contributed by atoms with Crippen LogP contribution >= 0.6 is 0 Å². The average molecular weight is 354 g/mol. The summed E-state index contributed by atoms with van der Waals surface area (Å²) in [6.07, 6.45) is 4.48. The number of benzene rings is 1. The maximum Gasteiger partial charge on any atom is 0.317 e. The number of nitrogens with zero attached hydrogens (tertiary/aromatic N) is 3. The molecule has 1 N–H and O–H groups in total. The molecule has 1 aliphatic heterocycles. The Morgan fingerprint density at radius 1 is 1.08 bits per heavy atom. The Bertz CT molecular complexity index is 658. The first-order valence-corrected chi connectivity index (χ1v) is 9.13. The first kappa shape index (κ1) is 18.2. The van der Waals surface area contributed by atoms with Crippen molar-refractivity contribution in [1.29, 1.82) is 0 Å². The van der Waals surface area contributed by atoms with Gasteiger partial charge in [0.1, 0.15) is 5.75 Å². The van der Waals surface area contributed by atoms with E-state index in [1.165, 1.54) is 5.56 Å². The normalized spacial score (nSPS) is 14.8. The van der Waals surface area contributed by atoms with Crippen molar-refractivity contribution in [3.63, 3.8) is 0 Å². The van der Waals surface area contributed by atoms with Crippen LogP contribution in [0.3, 0.4) is 0 Å². The summed E-state index contributed by atoms with van der Waals surface area (Å²) in [5, 5.41) is 2.98. The molecule has 0 unspecified atom stereocenters. The first-order valence-electron chi connectivity index (χ1n) is 9.13. The van der Waals surface area contributed by atoms with Crippen molar-refractivity contribution >= 4 is 6.03 Å². The number of urea groups is 1. The van der Waals surface area contributed by atoms with Gasteiger partial charge in [0.2, 0.25) is 0 Å². The Morgan fingerprint density at radius 2 is 1.88 bits per heavy atom. The molecule has 6 heteroatoms. The van der Waals surface area contributed by atoms with Gasteiger partial charge in [-0.05, 0) is 30.2 Å². The molecule has 2 amide bonds. The molecular weight excluding hydrogens is 328 g/mol. The van der Waals surface area contributed by atoms with Gasteiger partial charge >= 0.3 is 6.03 Å². The molecule has 0 saturated carbocycles. The quantitative estimate of drug-likeness (QED) is 0.776. The van der Waals surface area contributed by atoms with Crippen molar-refractivity contribution in [3.8, 4) is 5.75 Å². The standard InChI is InChI=1S/C20H26N4O2/c25-20(22-10-5-15-26-19-7-2-1-3-8-19)24-13-11-23(12-14-24)17-18-6-4-9-21-16-18/h1-4,6-9,16H,5,10-15,17H2,(H,22,25). The molecule has 1 aromatic heterocycles. The van der Waals surface area contributed by atoms with E-state index in [0.717, 1.165) is 44.9 Å². The van der Waals surface area contributed by atoms with Crippen LogP contribution in [0.15, 0.2) is 54.9 Å². The van der Waals surface area contributed by atoms with E-state index < -0.39 is 0 Å². The lowest BCUT2D eigenvalue weighted by molar-refractivity contribution is 0.135. The molecule has 1 saturated heterocycles. The van der Waals surface area contributed by atoms with Crippen LogP contribution in [-0.2, 0) is 6.54 Å². The number of carbonyl (C=O) groups excluding carboxylic acids is 1. The third kappa shape index (κ3) is 5.74. The van der Waals surface area contributed by atoms with Gasteiger partial charge in [0.25, 0.3) is 0 Å². The number of amides is 2. The molecule has 138 valence electrons. The van der Waals surface area contributed by atoms with Crippen LogP contribution in [0.5, 0.6) is 5.75 Å². The van der Waals surface area contributed by atoms with Crippen LogP contribution in [0.2, 0.25) is 0 Å². The molecule has 1 fully saturated rings. The molecule has 1 aromatic carbocycles. The minimum Gasteiger partial charge on any atom is -0.494 e. The van der Waals surface area contributed by atoms with Gasteiger partial charge in [0.05, 0.1) is 6.61 Å². The maximum absolute atomic E-state index is 12.2. The number of pyridine rings is 1. The Morgan fingerprint density at radius 3 is 2.62 bits per heavy atom. The molecule has 26 heavy (non-hydrogen) atoms. The number of rotatable bonds is 7. The summed E-state index contributed by atoms with van der Waals surface area (Å²) in [4.78, 5) is 20.6. The van der Waals surface area contributed by atoms with Crippen LogP contribution in [0, 0.1) is 0 Å². The van der Waals surface area contributed by atoms with Gasteiger partial charge in [-0.25, -0.2) is 4.79 Å². The Kier molecular flexibility index (Phi) is 6.84. The second-order valence-electron chi connectivity index (χ2n) is 6.37. The summed E-state index contributed by atoms with van der Waals surface area (Å²) in [5.41, 5.74) is 1.21. The summed E-state index contributed by atoms with van der Waals surface area (Å²) in [6, 6.07) is 13.8. The molecule has 0 spiro atoms. The smallest absolute Gasteiger partial charge is 0.317 e. The maximum atomic E-state index is 12.2. The highest BCUT2D eigenvalue weighted by Gasteiger charge is 2.20. The Balaban J connectivity index is 1.29. The molecule has 2 aromatic rings. The molecule has 6 nitrogen and oxygen atoms in total. The number of carbonyl (C=O) groups is 1. The summed E-state index contributed by atoms with van der Waals surface area (Å²) in [7, 11) is 0. The lowest BCUT2D eigenvalue weighted by Crippen LogP contribution is -2.51. The fourth-order valence-electron chi connectivity index (χ4n) is 2.94. The topological polar surface area (TPSA) is 57.7 Å². The van der Waals surface area contributed by atoms with E-state index in [-0.39, 0.29) is 6.03 Å². The highest BCUT2D eigenvalue weighted by molar-refractivity contribution is 5.74. The van der Waals surface area contributed by atoms with Crippen molar-refractivity contribution in [1.82, 2.24) is 20.1 Å². The first-order chi connectivity index (χ1) is 12.8. The second kappa shape index (κ2) is 9.77. The Hall–Kier alpha value is -2.60. The van der Waals surface area contributed by atoms with Gasteiger partial charge in [-0.15, -0.1) is 0 Å². The zero-order valence-corrected chi connectivity index (χ0v) is 15.0. The van der Waals surface area contributed by atoms with Crippen molar-refractivity contribution in [3.05, 3.63) is 60.4 Å². The predicted octanol–water partition coefficient (Wildman–Crippen LogP) is 2.38. The lowest BCUT2D eigenvalue weighted by atomic mass is 10.2. The van der Waals surface area contributed by atoms with Gasteiger partial charge in [-0.2, -0.15) is 0 Å². The largest absolute Gasteiger partial charge is 0.494 e. The van der Waals surface area contributed by atoms with Crippen LogP contribution in [0.4, 0.5) is 4.79 Å². The summed E-state index contributed by atoms with van der Waals surface area (Å²) in [5.74, 6) is 0.864. The molecule has 3 rings (SSSR count). The number of ether oxygens (including phenoxy) is 1. The van der Waals surface area contributed by atoms with Crippen molar-refractivity contribution in [2.75, 3.05) is 39.3 Å². The van der Waals surface area contributed by atoms with Crippen LogP contribution in [0.25, 0.3) is 0 Å². The van der Waals surface area contributed by atoms with E-state index in [4.69, 9.17) is 4.74 Å². The molecule has 0 aliphatic carbocycles. The third-order valence-corrected chi connectivity index (χ3v) is 4.40. The highest BCUT2D eigenvalue weighted by atomic mass is 16.5. The monoisotopic (exact) mass is 354 g/mol. The summed E-state index contributed by atoms with van der Waals surface area (Å²) >= 11 is 0. The Labute approximate surface area is 154 Å². The minimum absolute atomic E-state index is 0.0192. The molecule has 1 aliphatic rings. The molecule has 0 bridgehead atoms. The van der Waals surface area contributed by atoms with Gasteiger partial charge < -0.3 is 15.0 Å². The average Bonchev–Trinajstić information content (AvgIpc) is 2.70. The lowest BCUT2D eigenvalue weighted by Gasteiger charge is -2.34. The molecule has 2 heterocycles. The molecule has 0 radical (unpaired) electrons. The number of nitrogens with one attached hydrogen (secondary N) is 1. The van der Waals surface area contributed by atoms with Crippen LogP contribution in [-0.4, -0.2) is 60.1 Å². The predicted molar refractivity (Wildman–Crippen MR) is 101 cm³/mol. The van der Waals surface area contributed by atoms with E-state index in [2.05, 4.69) is 21.3 Å². The number of para-hydroxylation sites is 1. The van der Waals surface area contributed by atoms with Crippen molar-refractivity contribution < 1.29 is 9.53 Å². The van der Waals surface area contributed by atoms with Crippen molar-refractivity contribution in [2.24, 2.45) is 0 Å². The van der Waals surface area contributed by atoms with Crippen molar-refractivity contribution in [2.45, 2.75) is 13.0 Å². The number of hydrogen-bond donors (Lipinski definition) is 1. The SMILES string of the molecule is O=C(NCCCOc1ccccc1)N1CCN(Cc2cccnc2)CC1. The van der Waals surface area contributed by atoms with Gasteiger partial charge in [0.15, 0.2) is 0 Å². The fourth-order valence-corrected chi connectivity index (χ4v) is 2.94. The highest BCUT2D eigenvalue weighted by Crippen LogP contribution is 2.09. The minimum atomic E-state index is 0.0192. The summed E-state index contributed by atoms with van der Waals surface area (Å²) in [6.45, 7) is 5.41. The van der Waals surface area contributed by atoms with Gasteiger partial charge in [0, 0.05) is 51.7 Å². The van der Waals surface area contributed by atoms with Gasteiger partial charge in [-0.3, -0.25) is 9.88 Å². The second-order valence-corrected chi connectivity index (χ2v) is 6.37. The number of aromatic nitrogens is 1. The van der Waals surface area contributed by atoms with E-state index in [1.807, 2.05) is 47.5 Å².